The Kier molecular flexibility index (Phi) is 1.35. The van der Waals surface area contributed by atoms with E-state index >= 15 is 0 Å². The Morgan fingerprint density at radius 3 is 2.22 bits per heavy atom. The lowest BCUT2D eigenvalue weighted by Crippen LogP contribution is -2.16. The molecule has 0 N–H and O–H groups in total. The third kappa shape index (κ3) is 0.866. The highest BCUT2D eigenvalue weighted by atomic mass is 19.1. The van der Waals surface area contributed by atoms with E-state index in [1.54, 1.807) is 6.92 Å². The number of carbonyl (C=O) groups is 2. The van der Waals surface area contributed by atoms with Crippen LogP contribution in [0.25, 0.3) is 0 Å². The van der Waals surface area contributed by atoms with Crippen LogP contribution < -0.4 is 0 Å². The Morgan fingerprint density at radius 2 is 2.11 bits per heavy atom. The van der Waals surface area contributed by atoms with E-state index in [-0.39, 0.29) is 6.42 Å². The van der Waals surface area contributed by atoms with E-state index in [9.17, 15) is 14.0 Å². The predicted octanol–water partition coefficient (Wildman–Crippen LogP) is 0.502. The van der Waals surface area contributed by atoms with Crippen LogP contribution in [0.5, 0.6) is 0 Å². The summed E-state index contributed by atoms with van der Waals surface area (Å²) in [5.74, 6) is -1.51. The van der Waals surface area contributed by atoms with Crippen molar-refractivity contribution in [2.24, 2.45) is 5.92 Å². The smallest absolute Gasteiger partial charge is 0.216 e. The SMILES string of the molecule is CC1CC(=O)C(F)C1=O. The van der Waals surface area contributed by atoms with E-state index in [0.29, 0.717) is 0 Å². The van der Waals surface area contributed by atoms with Gasteiger partial charge in [-0.2, -0.15) is 0 Å². The second-order valence-electron chi connectivity index (χ2n) is 2.34. The van der Waals surface area contributed by atoms with Gasteiger partial charge in [0.25, 0.3) is 0 Å². The summed E-state index contributed by atoms with van der Waals surface area (Å²) >= 11 is 0. The van der Waals surface area contributed by atoms with Gasteiger partial charge in [-0.3, -0.25) is 9.59 Å². The number of Topliss-reactive ketones (excluding diaryl/α,β-unsaturated/α-hetero) is 2. The molecule has 2 atom stereocenters. The lowest BCUT2D eigenvalue weighted by Gasteiger charge is -1.92. The van der Waals surface area contributed by atoms with E-state index < -0.39 is 23.7 Å². The van der Waals surface area contributed by atoms with E-state index in [2.05, 4.69) is 0 Å². The van der Waals surface area contributed by atoms with Gasteiger partial charge in [0, 0.05) is 12.3 Å². The van der Waals surface area contributed by atoms with Gasteiger partial charge in [-0.05, 0) is 0 Å². The first-order valence-electron chi connectivity index (χ1n) is 2.83. The molecule has 9 heavy (non-hydrogen) atoms. The highest BCUT2D eigenvalue weighted by Gasteiger charge is 2.38. The van der Waals surface area contributed by atoms with Crippen LogP contribution in [-0.4, -0.2) is 17.7 Å². The van der Waals surface area contributed by atoms with Crippen LogP contribution in [-0.2, 0) is 9.59 Å². The molecule has 0 saturated heterocycles. The van der Waals surface area contributed by atoms with Crippen molar-refractivity contribution < 1.29 is 14.0 Å². The Morgan fingerprint density at radius 1 is 1.56 bits per heavy atom. The molecule has 1 saturated carbocycles. The number of alkyl halides is 1. The molecule has 0 bridgehead atoms. The molecular formula is C6H7FO2. The number of hydrogen-bond acceptors (Lipinski definition) is 2. The lowest BCUT2D eigenvalue weighted by molar-refractivity contribution is -0.129. The summed E-state index contributed by atoms with van der Waals surface area (Å²) < 4.78 is 12.3. The zero-order valence-electron chi connectivity index (χ0n) is 5.06. The first-order chi connectivity index (χ1) is 4.13. The number of carbonyl (C=O) groups excluding carboxylic acids is 2. The second kappa shape index (κ2) is 1.90. The van der Waals surface area contributed by atoms with Gasteiger partial charge in [-0.1, -0.05) is 6.92 Å². The Labute approximate surface area is 52.0 Å². The van der Waals surface area contributed by atoms with E-state index in [0.717, 1.165) is 0 Å². The number of ketones is 2. The summed E-state index contributed by atoms with van der Waals surface area (Å²) in [7, 11) is 0. The normalized spacial score (nSPS) is 35.8. The van der Waals surface area contributed by atoms with Crippen LogP contribution in [0.1, 0.15) is 13.3 Å². The first-order valence-corrected chi connectivity index (χ1v) is 2.83. The summed E-state index contributed by atoms with van der Waals surface area (Å²) in [4.78, 5) is 20.9. The van der Waals surface area contributed by atoms with Crippen molar-refractivity contribution in [1.82, 2.24) is 0 Å². The zero-order valence-corrected chi connectivity index (χ0v) is 5.06. The van der Waals surface area contributed by atoms with Gasteiger partial charge in [-0.15, -0.1) is 0 Å². The van der Waals surface area contributed by atoms with Crippen molar-refractivity contribution in [3.8, 4) is 0 Å². The highest BCUT2D eigenvalue weighted by molar-refractivity contribution is 6.12. The molecular weight excluding hydrogens is 123 g/mol. The molecule has 1 fully saturated rings. The Balaban J connectivity index is 2.77. The molecule has 50 valence electrons. The Hall–Kier alpha value is -0.730. The molecule has 0 heterocycles. The Bertz CT molecular complexity index is 164. The molecule has 1 aliphatic rings. The number of halogens is 1. The molecule has 0 aromatic rings. The molecule has 0 spiro atoms. The van der Waals surface area contributed by atoms with Crippen molar-refractivity contribution >= 4 is 11.6 Å². The fourth-order valence-electron chi connectivity index (χ4n) is 0.914. The lowest BCUT2D eigenvalue weighted by atomic mass is 10.1. The first kappa shape index (κ1) is 6.39. The van der Waals surface area contributed by atoms with Crippen molar-refractivity contribution in [3.05, 3.63) is 0 Å². The van der Waals surface area contributed by atoms with Crippen LogP contribution in [0.3, 0.4) is 0 Å². The third-order valence-corrected chi connectivity index (χ3v) is 1.53. The molecule has 0 aliphatic heterocycles. The van der Waals surface area contributed by atoms with Crippen molar-refractivity contribution in [2.45, 2.75) is 19.5 Å². The van der Waals surface area contributed by atoms with Gasteiger partial charge >= 0.3 is 0 Å². The maximum absolute atomic E-state index is 12.3. The quantitative estimate of drug-likeness (QED) is 0.447. The molecule has 1 aliphatic carbocycles. The average molecular weight is 130 g/mol. The van der Waals surface area contributed by atoms with Crippen LogP contribution in [0, 0.1) is 5.92 Å². The fraction of sp³-hybridized carbons (Fsp3) is 0.667. The van der Waals surface area contributed by atoms with Crippen molar-refractivity contribution in [2.75, 3.05) is 0 Å². The zero-order chi connectivity index (χ0) is 7.02. The van der Waals surface area contributed by atoms with Gasteiger partial charge in [0.05, 0.1) is 0 Å². The molecule has 3 heteroatoms. The van der Waals surface area contributed by atoms with Crippen molar-refractivity contribution in [3.63, 3.8) is 0 Å². The minimum atomic E-state index is -1.82. The molecule has 0 aromatic heterocycles. The van der Waals surface area contributed by atoms with Gasteiger partial charge in [-0.25, -0.2) is 4.39 Å². The van der Waals surface area contributed by atoms with Gasteiger partial charge in [0.15, 0.2) is 11.6 Å². The monoisotopic (exact) mass is 130 g/mol. The maximum Gasteiger partial charge on any atom is 0.216 e. The minimum Gasteiger partial charge on any atom is -0.296 e. The third-order valence-electron chi connectivity index (χ3n) is 1.53. The number of hydrogen-bond donors (Lipinski definition) is 0. The van der Waals surface area contributed by atoms with Gasteiger partial charge < -0.3 is 0 Å². The summed E-state index contributed by atoms with van der Waals surface area (Å²) in [5.41, 5.74) is 0. The molecule has 0 radical (unpaired) electrons. The topological polar surface area (TPSA) is 34.1 Å². The second-order valence-corrected chi connectivity index (χ2v) is 2.34. The predicted molar refractivity (Wildman–Crippen MR) is 28.7 cm³/mol. The molecule has 2 unspecified atom stereocenters. The van der Waals surface area contributed by atoms with Crippen LogP contribution in [0.2, 0.25) is 0 Å². The summed E-state index contributed by atoms with van der Waals surface area (Å²) in [6.45, 7) is 1.57. The summed E-state index contributed by atoms with van der Waals surface area (Å²) in [6.07, 6.45) is -1.74. The van der Waals surface area contributed by atoms with Gasteiger partial charge in [0.1, 0.15) is 0 Å². The van der Waals surface area contributed by atoms with Gasteiger partial charge in [0.2, 0.25) is 6.17 Å². The molecule has 0 amide bonds. The molecule has 2 nitrogen and oxygen atoms in total. The van der Waals surface area contributed by atoms with E-state index in [1.165, 1.54) is 0 Å². The van der Waals surface area contributed by atoms with Crippen molar-refractivity contribution in [1.29, 1.82) is 0 Å². The number of rotatable bonds is 0. The van der Waals surface area contributed by atoms with Crippen LogP contribution in [0.15, 0.2) is 0 Å². The molecule has 1 rings (SSSR count). The standard InChI is InChI=1S/C6H7FO2/c1-3-2-4(8)5(7)6(3)9/h3,5H,2H2,1H3. The average Bonchev–Trinajstić information content (AvgIpc) is 1.98. The molecule has 0 aromatic carbocycles. The minimum absolute atomic E-state index is 0.0833. The summed E-state index contributed by atoms with van der Waals surface area (Å²) in [5, 5.41) is 0. The highest BCUT2D eigenvalue weighted by Crippen LogP contribution is 2.19. The van der Waals surface area contributed by atoms with Crippen LogP contribution >= 0.6 is 0 Å². The van der Waals surface area contributed by atoms with E-state index in [4.69, 9.17) is 0 Å². The summed E-state index contributed by atoms with van der Waals surface area (Å²) in [6, 6.07) is 0. The van der Waals surface area contributed by atoms with Crippen LogP contribution in [0.4, 0.5) is 4.39 Å². The fourth-order valence-corrected chi connectivity index (χ4v) is 0.914. The largest absolute Gasteiger partial charge is 0.296 e. The van der Waals surface area contributed by atoms with E-state index in [1.807, 2.05) is 0 Å². The maximum atomic E-state index is 12.3.